The van der Waals surface area contributed by atoms with Crippen molar-refractivity contribution in [3.63, 3.8) is 0 Å². The summed E-state index contributed by atoms with van der Waals surface area (Å²) < 4.78 is 112. The number of carbonyl (C=O) groups excluding carboxylic acids is 9. The number of hydrogen-bond donors (Lipinski definition) is 9. The van der Waals surface area contributed by atoms with Gasteiger partial charge in [-0.3, -0.25) is 43.2 Å². The van der Waals surface area contributed by atoms with E-state index in [0.29, 0.717) is 38.5 Å². The topological polar surface area (TPSA) is 428 Å². The van der Waals surface area contributed by atoms with E-state index in [0.717, 1.165) is 12.8 Å². The van der Waals surface area contributed by atoms with Crippen molar-refractivity contribution >= 4 is 87.3 Å². The molecule has 36 heteroatoms. The molecule has 149 heavy (non-hydrogen) atoms. The summed E-state index contributed by atoms with van der Waals surface area (Å²) in [6.07, 6.45) is 9.80. The fourth-order valence-corrected chi connectivity index (χ4v) is 15.2. The molecule has 0 saturated carbocycles. The van der Waals surface area contributed by atoms with Crippen LogP contribution in [0.25, 0.3) is 0 Å². The molecule has 0 saturated heterocycles. The van der Waals surface area contributed by atoms with Crippen molar-refractivity contribution in [2.45, 2.75) is 180 Å². The van der Waals surface area contributed by atoms with Crippen LogP contribution in [0.1, 0.15) is 245 Å². The van der Waals surface area contributed by atoms with Crippen molar-refractivity contribution in [1.29, 1.82) is 0 Å². The molecule has 3 aliphatic rings. The highest BCUT2D eigenvalue weighted by atomic mass is 16.5. The zero-order valence-electron chi connectivity index (χ0n) is 90.7. The number of nitrogens with one attached hydrogen (secondary N) is 9. The number of fused-ring (bicyclic) bond motifs is 16. The first-order chi connectivity index (χ1) is 71.5. The molecule has 10 rings (SSSR count). The first-order valence-corrected chi connectivity index (χ1v) is 50.8. The minimum absolute atomic E-state index is 0.00308. The molecule has 0 fully saturated rings. The van der Waals surface area contributed by atoms with Gasteiger partial charge in [0.2, 0.25) is 5.91 Å². The summed E-state index contributed by atoms with van der Waals surface area (Å²) in [5, 5.41) is 27.0. The van der Waals surface area contributed by atoms with Gasteiger partial charge < -0.3 is 133 Å². The van der Waals surface area contributed by atoms with Crippen molar-refractivity contribution < 1.29 is 128 Å². The average Bonchev–Trinajstić information content (AvgIpc) is 0.784. The Balaban J connectivity index is 1.21. The molecule has 7 aromatic rings. The number of methoxy groups -OCH3 is 10. The molecule has 9 amide bonds. The van der Waals surface area contributed by atoms with E-state index in [1.165, 1.54) is 156 Å². The second-order valence-electron chi connectivity index (χ2n) is 37.9. The van der Waals surface area contributed by atoms with E-state index in [4.69, 9.17) is 85.3 Å². The number of rotatable bonds is 42. The van der Waals surface area contributed by atoms with Crippen molar-refractivity contribution in [2.75, 3.05) is 156 Å². The Labute approximate surface area is 873 Å². The van der Waals surface area contributed by atoms with Crippen LogP contribution in [0.5, 0.6) is 80.5 Å². The van der Waals surface area contributed by atoms with E-state index < -0.39 is 77.3 Å². The van der Waals surface area contributed by atoms with Crippen LogP contribution in [0.4, 0.5) is 34.1 Å². The summed E-state index contributed by atoms with van der Waals surface area (Å²) in [5.74, 6) is -8.10. The van der Waals surface area contributed by atoms with E-state index in [1.807, 2.05) is 111 Å². The van der Waals surface area contributed by atoms with Gasteiger partial charge in [0.15, 0.2) is 0 Å². The van der Waals surface area contributed by atoms with Gasteiger partial charge in [0, 0.05) is 55.3 Å². The molecule has 0 spiro atoms. The lowest BCUT2D eigenvalue weighted by Crippen LogP contribution is -2.47. The molecule has 4 unspecified atom stereocenters. The third-order valence-electron chi connectivity index (χ3n) is 26.7. The van der Waals surface area contributed by atoms with Crippen LogP contribution >= 0.6 is 0 Å². The van der Waals surface area contributed by atoms with Gasteiger partial charge in [0.05, 0.1) is 213 Å². The van der Waals surface area contributed by atoms with Crippen LogP contribution in [0, 0.1) is 53.3 Å². The zero-order valence-corrected chi connectivity index (χ0v) is 90.7. The zero-order chi connectivity index (χ0) is 109. The molecule has 12 atom stereocenters. The third kappa shape index (κ3) is 30.0. The van der Waals surface area contributed by atoms with Gasteiger partial charge in [0.1, 0.15) is 104 Å². The van der Waals surface area contributed by atoms with Crippen molar-refractivity contribution in [2.24, 2.45) is 53.3 Å². The Hall–Kier alpha value is -14.6. The van der Waals surface area contributed by atoms with E-state index in [9.17, 15) is 0 Å². The molecule has 1 aliphatic heterocycles. The molecular formula is C113H149N9O27. The number of hydrogen-bond acceptors (Lipinski definition) is 27. The monoisotopic (exact) mass is 2060 g/mol. The predicted octanol–water partition coefficient (Wildman–Crippen LogP) is 20.1. The normalized spacial score (nSPS) is 17.4. The van der Waals surface area contributed by atoms with Crippen LogP contribution in [0.3, 0.4) is 0 Å². The molecule has 7 aromatic carbocycles. The van der Waals surface area contributed by atoms with Gasteiger partial charge in [-0.1, -0.05) is 162 Å². The first-order valence-electron chi connectivity index (χ1n) is 50.8. The number of carbonyl (C=O) groups is 9. The predicted molar refractivity (Wildman–Crippen MR) is 570 cm³/mol. The van der Waals surface area contributed by atoms with Crippen molar-refractivity contribution in [3.8, 4) is 80.5 Å². The van der Waals surface area contributed by atoms with Gasteiger partial charge in [-0.15, -0.1) is 0 Å². The fraction of sp³-hybridized carbons (Fsp3) is 0.478. The summed E-state index contributed by atoms with van der Waals surface area (Å²) in [6, 6.07) is 18.4. The van der Waals surface area contributed by atoms with Crippen LogP contribution in [-0.4, -0.2) is 195 Å². The molecular weight excluding hydrogens is 1920 g/mol. The SMILES string of the molecule is CC[C@@H](C)COC1=CC(OC[C@H](C)CC)C2=CC1NC(=O)C1C=C(NC(=O)c3cc(c(OC)cc3OC)C(=O)Nc3cc(c(OC[C@H](C)CC)cc3OC[C@H](C)CC)NC(=O)c3cc(c(OC)cc3OC)C(=O)Nc3cc(c(OC[C@H](C)CC)cc3OC[C@H](C)CC)NC(=O)c3cc(c(OC)cc3OC)C(=O)Nc3cc(c(OC[C@H](C)CC)cc3OC[C@H](C)CC)NC(=O)c3cc(c(OC)cc3OC)C(=O)N2)C(OC)=CC1OC. The lowest BCUT2D eigenvalue weighted by atomic mass is 9.92. The maximum Gasteiger partial charge on any atom is 0.259 e. The highest BCUT2D eigenvalue weighted by Gasteiger charge is 2.39. The van der Waals surface area contributed by atoms with Crippen molar-refractivity contribution in [1.82, 2.24) is 16.0 Å². The standard InChI is InChI=1S/C113H149N9O27/c1-27-61(9)53-142-97-49-98(143-54-62(10)28-2)80-40-79(97)115-106(124)70-35-69(87(132-17)44-88(70)133-18)105(123)114-78-39-77(95(140-25)48-96(78)141-26)113(131)122-86-43-85(103(148-59-67(15)33-7)52-104(86)149-60-68(16)34-8)121-112(130)76-38-75(93(138-23)47-94(76)139-24)111(129)120-84-42-83(101(146-57-65(13)31-5)51-102(84)147-58-66(14)32-6)119-110(128)74-37-73(91(136-21)46-92(74)137-22)109(127)118-82-41-81(99(144-55-63(11)29-3)50-100(82)145-56-64(12)30-4)117-108(126)72-36-71(107(125)116-80)89(134-19)45-90(72)135-20/h35-52,61-68,77,86,95,103H,27-34,53-60H2,1-26H3,(H,114,123)(H,115,124)(H,116,125)(H,117,126)(H,118,127)(H,119,128)(H,120,129)(H,121,130)(H,122,131)/t61-,62-,63-,64-,65-,66-,67-,68-,77?,86?,95?,103?/m1/s1. The summed E-state index contributed by atoms with van der Waals surface area (Å²) in [4.78, 5) is 140. The molecule has 1 heterocycles. The Morgan fingerprint density at radius 3 is 0.725 bits per heavy atom. The summed E-state index contributed by atoms with van der Waals surface area (Å²) in [6.45, 7) is 33.2. The smallest absolute Gasteiger partial charge is 0.259 e. The summed E-state index contributed by atoms with van der Waals surface area (Å²) >= 11 is 0. The van der Waals surface area contributed by atoms with E-state index in [2.05, 4.69) is 47.9 Å². The summed E-state index contributed by atoms with van der Waals surface area (Å²) in [5.41, 5.74) is -1.37. The largest absolute Gasteiger partial charge is 0.496 e. The second-order valence-corrected chi connectivity index (χ2v) is 37.9. The third-order valence-corrected chi connectivity index (χ3v) is 26.7. The van der Waals surface area contributed by atoms with E-state index >= 15 is 43.2 Å². The number of anilines is 6. The molecule has 18 bridgehead atoms. The van der Waals surface area contributed by atoms with Crippen LogP contribution < -0.4 is 114 Å². The maximum absolute atomic E-state index is 15.7. The summed E-state index contributed by atoms with van der Waals surface area (Å²) in [7, 11) is 13.4. The quantitative estimate of drug-likeness (QED) is 0.0172. The van der Waals surface area contributed by atoms with E-state index in [1.54, 1.807) is 24.3 Å². The van der Waals surface area contributed by atoms with Crippen LogP contribution in [-0.2, 0) is 23.7 Å². The molecule has 0 aromatic heterocycles. The fourth-order valence-electron chi connectivity index (χ4n) is 15.2. The lowest BCUT2D eigenvalue weighted by Gasteiger charge is -2.32. The van der Waals surface area contributed by atoms with Crippen LogP contribution in [0.2, 0.25) is 0 Å². The van der Waals surface area contributed by atoms with E-state index in [-0.39, 0.29) is 282 Å². The highest BCUT2D eigenvalue weighted by Crippen LogP contribution is 2.46. The Bertz CT molecular complexity index is 6010. The average molecular weight is 2070 g/mol. The number of amides is 9. The molecule has 808 valence electrons. The molecule has 9 N–H and O–H groups in total. The Morgan fingerprint density at radius 2 is 0.483 bits per heavy atom. The lowest BCUT2D eigenvalue weighted by molar-refractivity contribution is -0.127. The minimum Gasteiger partial charge on any atom is -0.496 e. The highest BCUT2D eigenvalue weighted by molar-refractivity contribution is 6.16. The molecule has 2 aliphatic carbocycles. The van der Waals surface area contributed by atoms with Crippen LogP contribution in [0.15, 0.2) is 132 Å². The minimum atomic E-state index is -1.26. The van der Waals surface area contributed by atoms with Crippen molar-refractivity contribution in [3.05, 3.63) is 177 Å². The Kier molecular flexibility index (Phi) is 43.3. The second kappa shape index (κ2) is 55.5. The number of ether oxygens (including phenoxy) is 18. The number of benzene rings is 7. The van der Waals surface area contributed by atoms with Gasteiger partial charge in [0.25, 0.3) is 47.3 Å². The van der Waals surface area contributed by atoms with Gasteiger partial charge in [-0.2, -0.15) is 0 Å². The maximum atomic E-state index is 15.7. The van der Waals surface area contributed by atoms with Gasteiger partial charge in [-0.05, 0) is 114 Å². The van der Waals surface area contributed by atoms with Gasteiger partial charge >= 0.3 is 0 Å². The Morgan fingerprint density at radius 1 is 0.248 bits per heavy atom. The van der Waals surface area contributed by atoms with Gasteiger partial charge in [-0.25, -0.2) is 0 Å². The molecule has 36 nitrogen and oxygen atoms in total. The first kappa shape index (κ1) is 116. The molecule has 0 radical (unpaired) electrons.